The third kappa shape index (κ3) is 6.05. The minimum absolute atomic E-state index is 0. The molecule has 0 fully saturated rings. The first-order valence-corrected chi connectivity index (χ1v) is 11.8. The Morgan fingerprint density at radius 3 is 1.42 bits per heavy atom. The second-order valence-corrected chi connectivity index (χ2v) is 11.0. The number of allylic oxidation sites excluding steroid dienone is 4. The van der Waals surface area contributed by atoms with E-state index in [2.05, 4.69) is 110 Å². The SMILES string of the molecule is CCCC1=CCC([Si](c2ccccc2)(c2ccccc2)c2ccccc2)=[C-]1.[Cl-].[Cl-].[Cl-].[Ti+4]. The van der Waals surface area contributed by atoms with Crippen molar-refractivity contribution in [2.45, 2.75) is 26.2 Å². The predicted octanol–water partition coefficient (Wildman–Crippen LogP) is -4.43. The van der Waals surface area contributed by atoms with E-state index >= 15 is 0 Å². The Bertz CT molecular complexity index is 861. The molecule has 31 heavy (non-hydrogen) atoms. The van der Waals surface area contributed by atoms with E-state index in [1.54, 1.807) is 0 Å². The molecule has 0 aromatic heterocycles. The van der Waals surface area contributed by atoms with Gasteiger partial charge in [-0.25, -0.2) is 11.6 Å². The van der Waals surface area contributed by atoms with E-state index in [4.69, 9.17) is 0 Å². The summed E-state index contributed by atoms with van der Waals surface area (Å²) in [5.74, 6) is 0. The van der Waals surface area contributed by atoms with Crippen LogP contribution in [0.25, 0.3) is 0 Å². The van der Waals surface area contributed by atoms with Crippen LogP contribution in [-0.4, -0.2) is 8.07 Å². The van der Waals surface area contributed by atoms with Gasteiger partial charge < -0.3 is 37.2 Å². The predicted molar refractivity (Wildman–Crippen MR) is 118 cm³/mol. The van der Waals surface area contributed by atoms with Gasteiger partial charge >= 0.3 is 21.7 Å². The number of hydrogen-bond acceptors (Lipinski definition) is 0. The first-order valence-electron chi connectivity index (χ1n) is 9.84. The smallest absolute Gasteiger partial charge is 1.00 e. The van der Waals surface area contributed by atoms with E-state index in [1.807, 2.05) is 0 Å². The van der Waals surface area contributed by atoms with Crippen LogP contribution in [0.5, 0.6) is 0 Å². The second-order valence-electron chi connectivity index (χ2n) is 7.14. The van der Waals surface area contributed by atoms with E-state index in [0.29, 0.717) is 0 Å². The molecule has 1 aliphatic carbocycles. The molecular formula is C26H25Cl3SiTi. The van der Waals surface area contributed by atoms with Gasteiger partial charge in [-0.2, -0.15) is 5.20 Å². The molecule has 0 atom stereocenters. The van der Waals surface area contributed by atoms with E-state index in [-0.39, 0.29) is 58.9 Å². The Labute approximate surface area is 221 Å². The Kier molecular flexibility index (Phi) is 13.7. The Hall–Kier alpha value is -1.06. The summed E-state index contributed by atoms with van der Waals surface area (Å²) >= 11 is 0. The summed E-state index contributed by atoms with van der Waals surface area (Å²) < 4.78 is 0. The summed E-state index contributed by atoms with van der Waals surface area (Å²) in [5.41, 5.74) is 1.38. The van der Waals surface area contributed by atoms with Gasteiger partial charge in [-0.15, -0.1) is 0 Å². The molecule has 0 saturated carbocycles. The van der Waals surface area contributed by atoms with Gasteiger partial charge in [0.2, 0.25) is 0 Å². The second kappa shape index (κ2) is 14.2. The average Bonchev–Trinajstić information content (AvgIpc) is 3.20. The van der Waals surface area contributed by atoms with Crippen molar-refractivity contribution in [2.75, 3.05) is 0 Å². The molecule has 3 aromatic rings. The third-order valence-electron chi connectivity index (χ3n) is 5.46. The molecule has 0 spiro atoms. The average molecular weight is 520 g/mol. The van der Waals surface area contributed by atoms with Crippen molar-refractivity contribution < 1.29 is 58.9 Å². The molecule has 1 aliphatic rings. The van der Waals surface area contributed by atoms with Crippen molar-refractivity contribution in [3.63, 3.8) is 0 Å². The Balaban J connectivity index is 0.00000225. The van der Waals surface area contributed by atoms with Crippen molar-refractivity contribution in [1.82, 2.24) is 0 Å². The van der Waals surface area contributed by atoms with Crippen molar-refractivity contribution in [3.8, 4) is 0 Å². The molecular weight excluding hydrogens is 495 g/mol. The largest absolute Gasteiger partial charge is 4.00 e. The van der Waals surface area contributed by atoms with E-state index in [9.17, 15) is 0 Å². The molecule has 0 unspecified atom stereocenters. The summed E-state index contributed by atoms with van der Waals surface area (Å²) in [5, 5.41) is 5.80. The van der Waals surface area contributed by atoms with Gasteiger partial charge in [0, 0.05) is 0 Å². The van der Waals surface area contributed by atoms with Crippen LogP contribution in [0.2, 0.25) is 0 Å². The summed E-state index contributed by atoms with van der Waals surface area (Å²) in [6.45, 7) is 2.25. The summed E-state index contributed by atoms with van der Waals surface area (Å²) in [6.07, 6.45) is 9.57. The van der Waals surface area contributed by atoms with Gasteiger partial charge in [-0.3, -0.25) is 6.08 Å². The van der Waals surface area contributed by atoms with Crippen LogP contribution < -0.4 is 52.8 Å². The van der Waals surface area contributed by atoms with Crippen LogP contribution in [-0.2, 0) is 21.7 Å². The van der Waals surface area contributed by atoms with Crippen molar-refractivity contribution in [1.29, 1.82) is 0 Å². The van der Waals surface area contributed by atoms with Crippen molar-refractivity contribution in [3.05, 3.63) is 114 Å². The summed E-state index contributed by atoms with van der Waals surface area (Å²) in [7, 11) is -2.31. The summed E-state index contributed by atoms with van der Waals surface area (Å²) in [4.78, 5) is 0. The number of rotatable bonds is 6. The number of halogens is 3. The van der Waals surface area contributed by atoms with Gasteiger partial charge in [-0.05, 0) is 15.6 Å². The molecule has 0 heterocycles. The van der Waals surface area contributed by atoms with Crippen molar-refractivity contribution >= 4 is 23.6 Å². The Morgan fingerprint density at radius 1 is 0.677 bits per heavy atom. The van der Waals surface area contributed by atoms with Crippen LogP contribution in [0.3, 0.4) is 0 Å². The van der Waals surface area contributed by atoms with E-state index < -0.39 is 8.07 Å². The molecule has 3 aromatic carbocycles. The van der Waals surface area contributed by atoms with Crippen molar-refractivity contribution in [2.24, 2.45) is 0 Å². The molecule has 0 bridgehead atoms. The molecule has 0 amide bonds. The molecule has 0 saturated heterocycles. The molecule has 0 radical (unpaired) electrons. The molecule has 0 nitrogen and oxygen atoms in total. The van der Waals surface area contributed by atoms with E-state index in [0.717, 1.165) is 12.8 Å². The molecule has 0 aliphatic heterocycles. The zero-order chi connectivity index (χ0) is 18.5. The monoisotopic (exact) mass is 518 g/mol. The fraction of sp³-hybridized carbons (Fsp3) is 0.154. The number of benzene rings is 3. The summed E-state index contributed by atoms with van der Waals surface area (Å²) in [6, 6.07) is 33.3. The van der Waals surface area contributed by atoms with Gasteiger partial charge in [0.1, 0.15) is 0 Å². The van der Waals surface area contributed by atoms with Crippen LogP contribution in [0, 0.1) is 6.08 Å². The van der Waals surface area contributed by atoms with Crippen LogP contribution in [0.15, 0.2) is 108 Å². The van der Waals surface area contributed by atoms with Gasteiger partial charge in [-0.1, -0.05) is 117 Å². The zero-order valence-electron chi connectivity index (χ0n) is 17.5. The first-order chi connectivity index (χ1) is 13.4. The molecule has 0 N–H and O–H groups in total. The zero-order valence-corrected chi connectivity index (χ0v) is 22.3. The van der Waals surface area contributed by atoms with Gasteiger partial charge in [0.25, 0.3) is 0 Å². The minimum Gasteiger partial charge on any atom is -1.00 e. The van der Waals surface area contributed by atoms with Gasteiger partial charge in [0.15, 0.2) is 8.07 Å². The topological polar surface area (TPSA) is 0 Å². The maximum Gasteiger partial charge on any atom is 4.00 e. The maximum absolute atomic E-state index is 3.87. The fourth-order valence-electron chi connectivity index (χ4n) is 4.29. The normalized spacial score (nSPS) is 12.2. The molecule has 5 heteroatoms. The molecule has 158 valence electrons. The van der Waals surface area contributed by atoms with Crippen LogP contribution in [0.1, 0.15) is 26.2 Å². The fourth-order valence-corrected chi connectivity index (χ4v) is 9.17. The van der Waals surface area contributed by atoms with Gasteiger partial charge in [0.05, 0.1) is 0 Å². The minimum atomic E-state index is -2.31. The standard InChI is InChI=1S/C26H25Si.3ClH.Ti/c1-2-12-22-19-20-26(21-22)27(23-13-6-3-7-14-23,24-15-8-4-9-16-24)25-17-10-5-11-18-25;;;;/h3-11,13-19H,2,12,20H2,1H3;3*1H;/q-1;;;;+4/p-3. The van der Waals surface area contributed by atoms with E-state index in [1.165, 1.54) is 32.8 Å². The molecule has 4 rings (SSSR count). The first kappa shape index (κ1) is 29.9. The van der Waals surface area contributed by atoms with Crippen LogP contribution in [0.4, 0.5) is 0 Å². The third-order valence-corrected chi connectivity index (χ3v) is 10.3. The quantitative estimate of drug-likeness (QED) is 0.175. The Morgan fingerprint density at radius 2 is 1.06 bits per heavy atom. The van der Waals surface area contributed by atoms with Crippen LogP contribution >= 0.6 is 0 Å². The number of hydrogen-bond donors (Lipinski definition) is 0. The maximum atomic E-state index is 3.87.